The fraction of sp³-hybridized carbons (Fsp3) is 0.385. The van der Waals surface area contributed by atoms with Gasteiger partial charge in [-0.15, -0.1) is 0 Å². The van der Waals surface area contributed by atoms with Crippen LogP contribution in [-0.4, -0.2) is 62.2 Å². The van der Waals surface area contributed by atoms with Crippen LogP contribution < -0.4 is 4.90 Å². The van der Waals surface area contributed by atoms with Crippen molar-refractivity contribution in [2.45, 2.75) is 31.6 Å². The summed E-state index contributed by atoms with van der Waals surface area (Å²) in [5.74, 6) is -0.506. The normalized spacial score (nSPS) is 19.0. The molecule has 2 aliphatic heterocycles. The van der Waals surface area contributed by atoms with Crippen LogP contribution in [-0.2, 0) is 19.6 Å². The molecule has 1 atom stereocenters. The summed E-state index contributed by atoms with van der Waals surface area (Å²) in [6.07, 6.45) is 3.06. The van der Waals surface area contributed by atoms with E-state index in [0.717, 1.165) is 6.42 Å². The third-order valence-electron chi connectivity index (χ3n) is 6.63. The number of benzene rings is 2. The average Bonchev–Trinajstić information content (AvgIpc) is 3.26. The molecule has 4 rings (SSSR count). The second kappa shape index (κ2) is 10.1. The van der Waals surface area contributed by atoms with Gasteiger partial charge in [-0.05, 0) is 41.8 Å². The third kappa shape index (κ3) is 4.79. The number of rotatable bonds is 7. The van der Waals surface area contributed by atoms with E-state index in [1.807, 2.05) is 23.1 Å². The van der Waals surface area contributed by atoms with E-state index in [0.29, 0.717) is 38.4 Å². The number of sulfonamides is 1. The summed E-state index contributed by atoms with van der Waals surface area (Å²) in [4.78, 5) is 29.5. The van der Waals surface area contributed by atoms with Crippen LogP contribution in [0, 0.1) is 5.92 Å². The van der Waals surface area contributed by atoms with Crippen LogP contribution >= 0.6 is 0 Å². The van der Waals surface area contributed by atoms with Gasteiger partial charge in [-0.3, -0.25) is 9.59 Å². The smallest absolute Gasteiger partial charge is 0.243 e. The summed E-state index contributed by atoms with van der Waals surface area (Å²) in [6.45, 7) is 5.90. The molecule has 34 heavy (non-hydrogen) atoms. The van der Waals surface area contributed by atoms with Crippen molar-refractivity contribution >= 4 is 33.1 Å². The highest BCUT2D eigenvalue weighted by molar-refractivity contribution is 7.89. The molecule has 7 nitrogen and oxygen atoms in total. The van der Waals surface area contributed by atoms with Crippen LogP contribution in [0.2, 0.25) is 0 Å². The van der Waals surface area contributed by atoms with Crippen LogP contribution in [0.1, 0.15) is 32.3 Å². The van der Waals surface area contributed by atoms with Gasteiger partial charge < -0.3 is 9.80 Å². The van der Waals surface area contributed by atoms with Crippen molar-refractivity contribution in [1.82, 2.24) is 9.21 Å². The van der Waals surface area contributed by atoms with Crippen LogP contribution in [0.15, 0.2) is 65.6 Å². The van der Waals surface area contributed by atoms with Gasteiger partial charge in [0.05, 0.1) is 10.8 Å². The van der Waals surface area contributed by atoms with Gasteiger partial charge in [-0.25, -0.2) is 8.42 Å². The fourth-order valence-corrected chi connectivity index (χ4v) is 6.13. The molecule has 1 fully saturated rings. The van der Waals surface area contributed by atoms with E-state index in [1.165, 1.54) is 27.6 Å². The molecule has 0 spiro atoms. The highest BCUT2D eigenvalue weighted by atomic mass is 32.2. The Labute approximate surface area is 201 Å². The molecule has 1 saturated heterocycles. The van der Waals surface area contributed by atoms with Crippen molar-refractivity contribution < 1.29 is 18.0 Å². The van der Waals surface area contributed by atoms with E-state index < -0.39 is 15.9 Å². The first-order valence-corrected chi connectivity index (χ1v) is 13.2. The summed E-state index contributed by atoms with van der Waals surface area (Å²) in [6, 6.07) is 16.5. The lowest BCUT2D eigenvalue weighted by atomic mass is 9.98. The molecule has 180 valence electrons. The van der Waals surface area contributed by atoms with Gasteiger partial charge in [0.25, 0.3) is 0 Å². The minimum Gasteiger partial charge on any atom is -0.338 e. The van der Waals surface area contributed by atoms with Crippen LogP contribution in [0.4, 0.5) is 5.69 Å². The average molecular weight is 482 g/mol. The zero-order valence-electron chi connectivity index (χ0n) is 19.7. The van der Waals surface area contributed by atoms with Crippen molar-refractivity contribution in [2.24, 2.45) is 5.92 Å². The molecular formula is C26H31N3O4S. The van der Waals surface area contributed by atoms with E-state index in [2.05, 4.69) is 18.2 Å². The molecule has 2 aromatic rings. The predicted molar refractivity (Wildman–Crippen MR) is 133 cm³/mol. The summed E-state index contributed by atoms with van der Waals surface area (Å²) in [7, 11) is -3.55. The molecule has 0 radical (unpaired) electrons. The van der Waals surface area contributed by atoms with Crippen molar-refractivity contribution in [2.75, 3.05) is 37.6 Å². The summed E-state index contributed by atoms with van der Waals surface area (Å²) in [5, 5.41) is 0. The quantitative estimate of drug-likeness (QED) is 0.607. The molecule has 0 aromatic heterocycles. The van der Waals surface area contributed by atoms with Gasteiger partial charge in [0.2, 0.25) is 21.8 Å². The molecule has 2 amide bonds. The van der Waals surface area contributed by atoms with Gasteiger partial charge in [0.1, 0.15) is 0 Å². The molecule has 0 aliphatic carbocycles. The molecule has 2 aromatic carbocycles. The van der Waals surface area contributed by atoms with Crippen LogP contribution in [0.3, 0.4) is 0 Å². The van der Waals surface area contributed by atoms with E-state index >= 15 is 0 Å². The first-order valence-electron chi connectivity index (χ1n) is 11.8. The standard InChI is InChI=1S/C26H31N3O4S/c1-3-28(4-2)34(32,33)24-12-10-23(11-13-24)29-19-22(18-25(29)30)26(31)27-16-14-21(15-17-27)20-8-6-5-7-9-20/h5-14,22H,3-4,15-19H2,1-2H3/t22-/m0/s1. The van der Waals surface area contributed by atoms with E-state index in [4.69, 9.17) is 0 Å². The summed E-state index contributed by atoms with van der Waals surface area (Å²) in [5.41, 5.74) is 3.04. The number of carbonyl (C=O) groups excluding carboxylic acids is 2. The van der Waals surface area contributed by atoms with Crippen molar-refractivity contribution in [3.05, 3.63) is 66.2 Å². The first-order chi connectivity index (χ1) is 16.3. The Kier molecular flexibility index (Phi) is 7.19. The largest absolute Gasteiger partial charge is 0.338 e. The maximum absolute atomic E-state index is 13.1. The van der Waals surface area contributed by atoms with E-state index in [-0.39, 0.29) is 23.1 Å². The van der Waals surface area contributed by atoms with Gasteiger partial charge in [-0.2, -0.15) is 4.31 Å². The third-order valence-corrected chi connectivity index (χ3v) is 8.70. The summed E-state index contributed by atoms with van der Waals surface area (Å²) < 4.78 is 26.8. The second-order valence-corrected chi connectivity index (χ2v) is 10.6. The number of nitrogens with zero attached hydrogens (tertiary/aromatic N) is 3. The Hall–Kier alpha value is -2.97. The SMILES string of the molecule is CCN(CC)S(=O)(=O)c1ccc(N2C[C@@H](C(=O)N3CC=C(c4ccccc4)CC3)CC2=O)cc1. The minimum atomic E-state index is -3.55. The Bertz CT molecular complexity index is 1170. The van der Waals surface area contributed by atoms with Crippen LogP contribution in [0.5, 0.6) is 0 Å². The number of anilines is 1. The molecule has 2 heterocycles. The molecule has 0 bridgehead atoms. The Morgan fingerprint density at radius 3 is 2.29 bits per heavy atom. The molecule has 2 aliphatic rings. The molecule has 0 N–H and O–H groups in total. The van der Waals surface area contributed by atoms with Crippen molar-refractivity contribution in [1.29, 1.82) is 0 Å². The first kappa shape index (κ1) is 24.2. The molecule has 0 saturated carbocycles. The monoisotopic (exact) mass is 481 g/mol. The second-order valence-electron chi connectivity index (χ2n) is 8.62. The Balaban J connectivity index is 1.41. The molecular weight excluding hydrogens is 450 g/mol. The highest BCUT2D eigenvalue weighted by Crippen LogP contribution is 2.29. The Morgan fingerprint density at radius 2 is 1.71 bits per heavy atom. The maximum atomic E-state index is 13.1. The van der Waals surface area contributed by atoms with Gasteiger partial charge >= 0.3 is 0 Å². The lowest BCUT2D eigenvalue weighted by Gasteiger charge is -2.29. The predicted octanol–water partition coefficient (Wildman–Crippen LogP) is 3.39. The van der Waals surface area contributed by atoms with E-state index in [9.17, 15) is 18.0 Å². The molecule has 0 unspecified atom stereocenters. The lowest BCUT2D eigenvalue weighted by molar-refractivity contribution is -0.135. The number of amides is 2. The highest BCUT2D eigenvalue weighted by Gasteiger charge is 2.37. The minimum absolute atomic E-state index is 0.0000528. The molecule has 8 heteroatoms. The summed E-state index contributed by atoms with van der Waals surface area (Å²) >= 11 is 0. The number of carbonyl (C=O) groups is 2. The maximum Gasteiger partial charge on any atom is 0.243 e. The van der Waals surface area contributed by atoms with Gasteiger partial charge in [-0.1, -0.05) is 50.3 Å². The van der Waals surface area contributed by atoms with Crippen molar-refractivity contribution in [3.63, 3.8) is 0 Å². The van der Waals surface area contributed by atoms with Crippen LogP contribution in [0.25, 0.3) is 5.57 Å². The van der Waals surface area contributed by atoms with Gasteiger partial charge in [0.15, 0.2) is 0 Å². The fourth-order valence-electron chi connectivity index (χ4n) is 4.68. The van der Waals surface area contributed by atoms with Gasteiger partial charge in [0, 0.05) is 44.8 Å². The zero-order chi connectivity index (χ0) is 24.3. The van der Waals surface area contributed by atoms with E-state index in [1.54, 1.807) is 30.9 Å². The number of hydrogen-bond acceptors (Lipinski definition) is 4. The lowest BCUT2D eigenvalue weighted by Crippen LogP contribution is -2.39. The number of hydrogen-bond donors (Lipinski definition) is 0. The zero-order valence-corrected chi connectivity index (χ0v) is 20.5. The topological polar surface area (TPSA) is 78.0 Å². The van der Waals surface area contributed by atoms with Crippen molar-refractivity contribution in [3.8, 4) is 0 Å². The Morgan fingerprint density at radius 1 is 1.03 bits per heavy atom.